The first-order valence-electron chi connectivity index (χ1n) is 7.96. The van der Waals surface area contributed by atoms with Gasteiger partial charge in [0.1, 0.15) is 0 Å². The Balaban J connectivity index is 2.00. The van der Waals surface area contributed by atoms with Crippen molar-refractivity contribution in [1.82, 2.24) is 5.32 Å². The van der Waals surface area contributed by atoms with E-state index in [-0.39, 0.29) is 24.3 Å². The fourth-order valence-electron chi connectivity index (χ4n) is 2.55. The number of hydrogen-bond acceptors (Lipinski definition) is 2. The molecule has 4 nitrogen and oxygen atoms in total. The number of nitrogens with one attached hydrogen (secondary N) is 2. The maximum absolute atomic E-state index is 12.6. The van der Waals surface area contributed by atoms with Crippen LogP contribution in [-0.4, -0.2) is 18.4 Å². The summed E-state index contributed by atoms with van der Waals surface area (Å²) in [7, 11) is 0. The van der Waals surface area contributed by atoms with Gasteiger partial charge in [0, 0.05) is 5.69 Å². The third-order valence-electron chi connectivity index (χ3n) is 3.73. The highest BCUT2D eigenvalue weighted by Gasteiger charge is 2.25. The Bertz CT molecular complexity index is 748. The fraction of sp³-hybridized carbons (Fsp3) is 0.263. The number of para-hydroxylation sites is 1. The summed E-state index contributed by atoms with van der Waals surface area (Å²) in [6.45, 7) is 3.78. The summed E-state index contributed by atoms with van der Waals surface area (Å²) in [5, 5.41) is 6.26. The maximum atomic E-state index is 12.6. The van der Waals surface area contributed by atoms with Crippen LogP contribution < -0.4 is 10.6 Å². The van der Waals surface area contributed by atoms with E-state index in [1.807, 2.05) is 32.0 Å². The Morgan fingerprint density at radius 1 is 1.00 bits per heavy atom. The second kappa shape index (κ2) is 8.88. The number of carbonyl (C=O) groups excluding carboxylic acids is 2. The van der Waals surface area contributed by atoms with Gasteiger partial charge in [-0.05, 0) is 35.7 Å². The summed E-state index contributed by atoms with van der Waals surface area (Å²) in [6.07, 6.45) is 0. The monoisotopic (exact) mass is 378 g/mol. The number of carbonyl (C=O) groups is 2. The molecule has 1 unspecified atom stereocenters. The van der Waals surface area contributed by atoms with Crippen molar-refractivity contribution < 1.29 is 9.59 Å². The van der Waals surface area contributed by atoms with Gasteiger partial charge in [-0.15, -0.1) is 0 Å². The average molecular weight is 379 g/mol. The van der Waals surface area contributed by atoms with Gasteiger partial charge in [-0.2, -0.15) is 0 Å². The maximum Gasteiger partial charge on any atom is 0.243 e. The summed E-state index contributed by atoms with van der Waals surface area (Å²) >= 11 is 12.0. The van der Waals surface area contributed by atoms with E-state index < -0.39 is 5.92 Å². The van der Waals surface area contributed by atoms with E-state index in [1.54, 1.807) is 30.3 Å². The number of benzene rings is 2. The van der Waals surface area contributed by atoms with E-state index in [0.717, 1.165) is 5.56 Å². The van der Waals surface area contributed by atoms with Crippen LogP contribution in [0, 0.1) is 5.92 Å². The van der Waals surface area contributed by atoms with Crippen LogP contribution in [0.4, 0.5) is 5.69 Å². The number of hydrogen-bond donors (Lipinski definition) is 2. The van der Waals surface area contributed by atoms with Gasteiger partial charge in [0.05, 0.1) is 22.5 Å². The fourth-order valence-corrected chi connectivity index (χ4v) is 2.86. The molecule has 25 heavy (non-hydrogen) atoms. The van der Waals surface area contributed by atoms with Crippen molar-refractivity contribution in [2.24, 2.45) is 5.92 Å². The predicted molar refractivity (Wildman–Crippen MR) is 102 cm³/mol. The minimum absolute atomic E-state index is 0.0365. The SMILES string of the molecule is CC(C)C(C(=O)NCC(=O)Nc1ccccc1)c1ccc(Cl)c(Cl)c1. The molecule has 0 aromatic heterocycles. The highest BCUT2D eigenvalue weighted by atomic mass is 35.5. The van der Waals surface area contributed by atoms with Crippen LogP contribution in [0.15, 0.2) is 48.5 Å². The molecule has 1 atom stereocenters. The number of rotatable bonds is 6. The first kappa shape index (κ1) is 19.3. The second-order valence-electron chi connectivity index (χ2n) is 6.03. The summed E-state index contributed by atoms with van der Waals surface area (Å²) in [5.41, 5.74) is 1.46. The van der Waals surface area contributed by atoms with Crippen LogP contribution in [0.1, 0.15) is 25.3 Å². The normalized spacial score (nSPS) is 11.9. The number of anilines is 1. The first-order valence-corrected chi connectivity index (χ1v) is 8.71. The van der Waals surface area contributed by atoms with Gasteiger partial charge < -0.3 is 10.6 Å². The van der Waals surface area contributed by atoms with Crippen LogP contribution in [-0.2, 0) is 9.59 Å². The van der Waals surface area contributed by atoms with E-state index in [1.165, 1.54) is 0 Å². The lowest BCUT2D eigenvalue weighted by atomic mass is 9.87. The molecule has 0 saturated carbocycles. The van der Waals surface area contributed by atoms with E-state index in [2.05, 4.69) is 10.6 Å². The molecule has 2 rings (SSSR count). The van der Waals surface area contributed by atoms with Crippen molar-refractivity contribution in [2.75, 3.05) is 11.9 Å². The van der Waals surface area contributed by atoms with Crippen LogP contribution in [0.25, 0.3) is 0 Å². The molecule has 2 aromatic carbocycles. The zero-order valence-electron chi connectivity index (χ0n) is 14.1. The van der Waals surface area contributed by atoms with Crippen LogP contribution in [0.5, 0.6) is 0 Å². The van der Waals surface area contributed by atoms with Crippen molar-refractivity contribution in [2.45, 2.75) is 19.8 Å². The Labute approximate surface area is 157 Å². The lowest BCUT2D eigenvalue weighted by Gasteiger charge is -2.21. The smallest absolute Gasteiger partial charge is 0.243 e. The molecule has 0 saturated heterocycles. The van der Waals surface area contributed by atoms with Crippen LogP contribution in [0.3, 0.4) is 0 Å². The first-order chi connectivity index (χ1) is 11.9. The van der Waals surface area contributed by atoms with Gasteiger partial charge >= 0.3 is 0 Å². The van der Waals surface area contributed by atoms with Crippen molar-refractivity contribution in [1.29, 1.82) is 0 Å². The molecular weight excluding hydrogens is 359 g/mol. The van der Waals surface area contributed by atoms with Crippen molar-refractivity contribution in [3.05, 3.63) is 64.1 Å². The van der Waals surface area contributed by atoms with Crippen LogP contribution in [0.2, 0.25) is 10.0 Å². The molecule has 0 aliphatic rings. The molecule has 2 amide bonds. The number of amides is 2. The van der Waals surface area contributed by atoms with Gasteiger partial charge in [0.15, 0.2) is 0 Å². The molecular formula is C19H20Cl2N2O2. The van der Waals surface area contributed by atoms with E-state index >= 15 is 0 Å². The Kier molecular flexibility index (Phi) is 6.85. The molecule has 6 heteroatoms. The predicted octanol–water partition coefficient (Wildman–Crippen LogP) is 4.49. The third kappa shape index (κ3) is 5.48. The quantitative estimate of drug-likeness (QED) is 0.777. The van der Waals surface area contributed by atoms with E-state index in [9.17, 15) is 9.59 Å². The van der Waals surface area contributed by atoms with E-state index in [4.69, 9.17) is 23.2 Å². The average Bonchev–Trinajstić information content (AvgIpc) is 2.57. The summed E-state index contributed by atoms with van der Waals surface area (Å²) in [5.74, 6) is -0.887. The molecule has 0 aliphatic heterocycles. The largest absolute Gasteiger partial charge is 0.346 e. The van der Waals surface area contributed by atoms with Crippen LogP contribution >= 0.6 is 23.2 Å². The molecule has 2 aromatic rings. The Morgan fingerprint density at radius 2 is 1.68 bits per heavy atom. The molecule has 132 valence electrons. The van der Waals surface area contributed by atoms with Gasteiger partial charge in [-0.3, -0.25) is 9.59 Å². The standard InChI is InChI=1S/C19H20Cl2N2O2/c1-12(2)18(13-8-9-15(20)16(21)10-13)19(25)22-11-17(24)23-14-6-4-3-5-7-14/h3-10,12,18H,11H2,1-2H3,(H,22,25)(H,23,24). The molecule has 0 fully saturated rings. The van der Waals surface area contributed by atoms with Crippen molar-refractivity contribution >= 4 is 40.7 Å². The topological polar surface area (TPSA) is 58.2 Å². The van der Waals surface area contributed by atoms with Gasteiger partial charge in [-0.1, -0.05) is 61.3 Å². The van der Waals surface area contributed by atoms with E-state index in [0.29, 0.717) is 15.7 Å². The highest BCUT2D eigenvalue weighted by molar-refractivity contribution is 6.42. The van der Waals surface area contributed by atoms with Gasteiger partial charge in [-0.25, -0.2) is 0 Å². The molecule has 0 bridgehead atoms. The van der Waals surface area contributed by atoms with Crippen molar-refractivity contribution in [3.8, 4) is 0 Å². The molecule has 0 spiro atoms. The van der Waals surface area contributed by atoms with Gasteiger partial charge in [0.25, 0.3) is 0 Å². The molecule has 0 heterocycles. The third-order valence-corrected chi connectivity index (χ3v) is 4.47. The Morgan fingerprint density at radius 3 is 2.28 bits per heavy atom. The van der Waals surface area contributed by atoms with Crippen molar-refractivity contribution in [3.63, 3.8) is 0 Å². The Hall–Kier alpha value is -2.04. The zero-order valence-corrected chi connectivity index (χ0v) is 15.6. The molecule has 2 N–H and O–H groups in total. The molecule has 0 radical (unpaired) electrons. The summed E-state index contributed by atoms with van der Waals surface area (Å²) < 4.78 is 0. The second-order valence-corrected chi connectivity index (χ2v) is 6.84. The minimum Gasteiger partial charge on any atom is -0.346 e. The minimum atomic E-state index is -0.417. The summed E-state index contributed by atoms with van der Waals surface area (Å²) in [6, 6.07) is 14.2. The lowest BCUT2D eigenvalue weighted by Crippen LogP contribution is -2.37. The van der Waals surface area contributed by atoms with Gasteiger partial charge in [0.2, 0.25) is 11.8 Å². The summed E-state index contributed by atoms with van der Waals surface area (Å²) in [4.78, 5) is 24.6. The zero-order chi connectivity index (χ0) is 18.4. The lowest BCUT2D eigenvalue weighted by molar-refractivity contribution is -0.126. The molecule has 0 aliphatic carbocycles. The number of halogens is 2. The highest BCUT2D eigenvalue weighted by Crippen LogP contribution is 2.30.